The Morgan fingerprint density at radius 1 is 1.21 bits per heavy atom. The molecule has 0 aliphatic carbocycles. The molecule has 0 unspecified atom stereocenters. The highest BCUT2D eigenvalue weighted by Gasteiger charge is 2.25. The summed E-state index contributed by atoms with van der Waals surface area (Å²) < 4.78 is 7.32. The first-order valence-corrected chi connectivity index (χ1v) is 10.1. The molecule has 154 valence electrons. The van der Waals surface area contributed by atoms with Crippen molar-refractivity contribution in [2.75, 3.05) is 50.2 Å². The summed E-state index contributed by atoms with van der Waals surface area (Å²) in [4.78, 5) is 14.1. The van der Waals surface area contributed by atoms with Crippen molar-refractivity contribution in [1.29, 1.82) is 0 Å². The monoisotopic (exact) mass is 395 g/mol. The van der Waals surface area contributed by atoms with E-state index in [1.807, 2.05) is 26.4 Å². The average molecular weight is 396 g/mol. The van der Waals surface area contributed by atoms with Crippen LogP contribution in [0.3, 0.4) is 0 Å². The van der Waals surface area contributed by atoms with E-state index in [9.17, 15) is 0 Å². The molecular weight excluding hydrogens is 366 g/mol. The van der Waals surface area contributed by atoms with Crippen LogP contribution >= 0.6 is 0 Å². The van der Waals surface area contributed by atoms with E-state index in [4.69, 9.17) is 9.72 Å². The number of hydrogen-bond donors (Lipinski definition) is 0. The van der Waals surface area contributed by atoms with E-state index in [0.717, 1.165) is 66.5 Å². The Morgan fingerprint density at radius 2 is 2.00 bits per heavy atom. The second-order valence-electron chi connectivity index (χ2n) is 7.80. The van der Waals surface area contributed by atoms with Crippen LogP contribution in [0.25, 0.3) is 11.0 Å². The third-order valence-electron chi connectivity index (χ3n) is 5.73. The Labute approximate surface area is 171 Å². The molecular formula is C21H29N7O. The first-order valence-electron chi connectivity index (χ1n) is 10.1. The number of pyridine rings is 1. The molecule has 1 saturated heterocycles. The molecule has 29 heavy (non-hydrogen) atoms. The Hall–Kier alpha value is -2.74. The van der Waals surface area contributed by atoms with Crippen molar-refractivity contribution >= 4 is 22.7 Å². The largest absolute Gasteiger partial charge is 0.383 e. The van der Waals surface area contributed by atoms with Gasteiger partial charge in [-0.2, -0.15) is 5.10 Å². The molecule has 0 radical (unpaired) electrons. The van der Waals surface area contributed by atoms with Gasteiger partial charge in [-0.3, -0.25) is 0 Å². The zero-order valence-corrected chi connectivity index (χ0v) is 17.7. The molecule has 3 aromatic rings. The van der Waals surface area contributed by atoms with Crippen molar-refractivity contribution in [2.45, 2.75) is 25.7 Å². The number of likely N-dealkylation sites (N-methyl/N-ethyl adjacent to an activating group) is 1. The Kier molecular flexibility index (Phi) is 5.62. The summed E-state index contributed by atoms with van der Waals surface area (Å²) in [6.45, 7) is 5.32. The molecule has 0 aromatic carbocycles. The average Bonchev–Trinajstić information content (AvgIpc) is 3.13. The Bertz CT molecular complexity index is 961. The summed E-state index contributed by atoms with van der Waals surface area (Å²) >= 11 is 0. The van der Waals surface area contributed by atoms with Crippen LogP contribution in [0.4, 0.5) is 11.6 Å². The highest BCUT2D eigenvalue weighted by atomic mass is 16.5. The molecule has 3 aromatic heterocycles. The number of rotatable bonds is 6. The van der Waals surface area contributed by atoms with Crippen molar-refractivity contribution in [1.82, 2.24) is 24.7 Å². The molecule has 0 amide bonds. The molecule has 1 aliphatic rings. The SMILES string of the molecule is COCCN(C)c1nc(C2CCN(c3ccc(C)nn3)CC2)cc2c1ncn2C. The summed E-state index contributed by atoms with van der Waals surface area (Å²) in [6.07, 6.45) is 3.96. The number of fused-ring (bicyclic) bond motifs is 1. The van der Waals surface area contributed by atoms with Gasteiger partial charge >= 0.3 is 0 Å². The van der Waals surface area contributed by atoms with E-state index >= 15 is 0 Å². The van der Waals surface area contributed by atoms with Gasteiger partial charge in [0.1, 0.15) is 5.52 Å². The number of piperidine rings is 1. The van der Waals surface area contributed by atoms with Crippen molar-refractivity contribution in [3.05, 3.63) is 35.9 Å². The van der Waals surface area contributed by atoms with Gasteiger partial charge in [0.2, 0.25) is 0 Å². The maximum absolute atomic E-state index is 5.25. The van der Waals surface area contributed by atoms with Gasteiger partial charge in [-0.05, 0) is 38.0 Å². The van der Waals surface area contributed by atoms with Gasteiger partial charge in [-0.25, -0.2) is 9.97 Å². The lowest BCUT2D eigenvalue weighted by Gasteiger charge is -2.32. The van der Waals surface area contributed by atoms with Crippen LogP contribution in [0.5, 0.6) is 0 Å². The summed E-state index contributed by atoms with van der Waals surface area (Å²) in [5.41, 5.74) is 4.17. The van der Waals surface area contributed by atoms with Crippen molar-refractivity contribution < 1.29 is 4.74 Å². The standard InChI is InChI=1S/C21H29N7O/c1-15-5-6-19(25-24-15)28-9-7-16(8-10-28)17-13-18-20(22-14-27(18)3)21(23-17)26(2)11-12-29-4/h5-6,13-14,16H,7-12H2,1-4H3. The van der Waals surface area contributed by atoms with Crippen LogP contribution in [0.15, 0.2) is 24.5 Å². The van der Waals surface area contributed by atoms with Crippen molar-refractivity contribution in [2.24, 2.45) is 7.05 Å². The molecule has 0 saturated carbocycles. The van der Waals surface area contributed by atoms with Gasteiger partial charge < -0.3 is 19.1 Å². The van der Waals surface area contributed by atoms with Gasteiger partial charge in [0.05, 0.1) is 24.1 Å². The maximum atomic E-state index is 5.25. The lowest BCUT2D eigenvalue weighted by molar-refractivity contribution is 0.206. The van der Waals surface area contributed by atoms with Gasteiger partial charge in [0.25, 0.3) is 0 Å². The molecule has 8 nitrogen and oxygen atoms in total. The molecule has 0 spiro atoms. The molecule has 1 fully saturated rings. The van der Waals surface area contributed by atoms with Crippen LogP contribution in [-0.4, -0.2) is 65.1 Å². The minimum Gasteiger partial charge on any atom is -0.383 e. The van der Waals surface area contributed by atoms with Crippen LogP contribution in [0, 0.1) is 6.92 Å². The number of ether oxygens (including phenoxy) is 1. The van der Waals surface area contributed by atoms with Crippen LogP contribution < -0.4 is 9.80 Å². The van der Waals surface area contributed by atoms with Gasteiger partial charge in [-0.1, -0.05) is 0 Å². The first kappa shape index (κ1) is 19.6. The molecule has 4 rings (SSSR count). The van der Waals surface area contributed by atoms with E-state index in [-0.39, 0.29) is 0 Å². The summed E-state index contributed by atoms with van der Waals surface area (Å²) in [7, 11) is 5.81. The summed E-state index contributed by atoms with van der Waals surface area (Å²) in [5, 5.41) is 8.54. The number of aryl methyl sites for hydroxylation is 2. The zero-order valence-electron chi connectivity index (χ0n) is 17.7. The molecule has 8 heteroatoms. The van der Waals surface area contributed by atoms with E-state index in [1.165, 1.54) is 0 Å². The molecule has 4 heterocycles. The number of anilines is 2. The van der Waals surface area contributed by atoms with E-state index < -0.39 is 0 Å². The molecule has 0 atom stereocenters. The van der Waals surface area contributed by atoms with Crippen molar-refractivity contribution in [3.8, 4) is 0 Å². The highest BCUT2D eigenvalue weighted by Crippen LogP contribution is 2.33. The Morgan fingerprint density at radius 3 is 2.69 bits per heavy atom. The third kappa shape index (κ3) is 4.03. The number of methoxy groups -OCH3 is 1. The topological polar surface area (TPSA) is 72.2 Å². The van der Waals surface area contributed by atoms with Crippen LogP contribution in [0.2, 0.25) is 0 Å². The van der Waals surface area contributed by atoms with E-state index in [0.29, 0.717) is 12.5 Å². The van der Waals surface area contributed by atoms with Crippen molar-refractivity contribution in [3.63, 3.8) is 0 Å². The number of nitrogens with zero attached hydrogens (tertiary/aromatic N) is 7. The normalized spacial score (nSPS) is 15.2. The predicted molar refractivity (Wildman–Crippen MR) is 115 cm³/mol. The third-order valence-corrected chi connectivity index (χ3v) is 5.73. The van der Waals surface area contributed by atoms with Gasteiger partial charge in [0, 0.05) is 52.5 Å². The van der Waals surface area contributed by atoms with E-state index in [1.54, 1.807) is 7.11 Å². The van der Waals surface area contributed by atoms with Gasteiger partial charge in [-0.15, -0.1) is 5.10 Å². The number of aromatic nitrogens is 5. The molecule has 1 aliphatic heterocycles. The summed E-state index contributed by atoms with van der Waals surface area (Å²) in [5.74, 6) is 2.32. The fourth-order valence-electron chi connectivity index (χ4n) is 3.90. The van der Waals surface area contributed by atoms with E-state index in [2.05, 4.69) is 48.7 Å². The number of imidazole rings is 1. The lowest BCUT2D eigenvalue weighted by atomic mass is 9.92. The summed E-state index contributed by atoms with van der Waals surface area (Å²) in [6, 6.07) is 6.29. The highest BCUT2D eigenvalue weighted by molar-refractivity contribution is 5.87. The van der Waals surface area contributed by atoms with Crippen LogP contribution in [0.1, 0.15) is 30.1 Å². The second kappa shape index (κ2) is 8.32. The fraction of sp³-hybridized carbons (Fsp3) is 0.524. The Balaban J connectivity index is 1.56. The molecule has 0 bridgehead atoms. The molecule has 0 N–H and O–H groups in total. The smallest absolute Gasteiger partial charge is 0.156 e. The first-order chi connectivity index (χ1) is 14.1. The quantitative estimate of drug-likeness (QED) is 0.635. The second-order valence-corrected chi connectivity index (χ2v) is 7.80. The zero-order chi connectivity index (χ0) is 20.4. The lowest BCUT2D eigenvalue weighted by Crippen LogP contribution is -2.34. The maximum Gasteiger partial charge on any atom is 0.156 e. The van der Waals surface area contributed by atoms with Gasteiger partial charge in [0.15, 0.2) is 11.6 Å². The fourth-order valence-corrected chi connectivity index (χ4v) is 3.90. The van der Waals surface area contributed by atoms with Crippen LogP contribution in [-0.2, 0) is 11.8 Å². The number of hydrogen-bond acceptors (Lipinski definition) is 7. The minimum atomic E-state index is 0.429. The predicted octanol–water partition coefficient (Wildman–Crippen LogP) is 2.53. The minimum absolute atomic E-state index is 0.429.